The number of nitrogens with one attached hydrogen (secondary N) is 1. The molecule has 0 aromatic rings. The van der Waals surface area contributed by atoms with E-state index in [1.165, 1.54) is 25.7 Å². The van der Waals surface area contributed by atoms with Crippen LogP contribution in [0, 0.1) is 5.41 Å². The highest BCUT2D eigenvalue weighted by Crippen LogP contribution is 2.29. The summed E-state index contributed by atoms with van der Waals surface area (Å²) in [6.07, 6.45) is 7.45. The molecule has 18 heavy (non-hydrogen) atoms. The lowest BCUT2D eigenvalue weighted by Gasteiger charge is -2.29. The van der Waals surface area contributed by atoms with Gasteiger partial charge >= 0.3 is 0 Å². The summed E-state index contributed by atoms with van der Waals surface area (Å²) < 4.78 is 10.7. The summed E-state index contributed by atoms with van der Waals surface area (Å²) in [6, 6.07) is 0.809. The first-order valence-electron chi connectivity index (χ1n) is 7.50. The van der Waals surface area contributed by atoms with E-state index in [1.807, 2.05) is 0 Å². The molecule has 108 valence electrons. The van der Waals surface area contributed by atoms with E-state index in [9.17, 15) is 0 Å². The Morgan fingerprint density at radius 3 is 2.56 bits per heavy atom. The molecule has 1 fully saturated rings. The molecule has 0 aliphatic heterocycles. The van der Waals surface area contributed by atoms with Gasteiger partial charge in [0.15, 0.2) is 0 Å². The lowest BCUT2D eigenvalue weighted by Crippen LogP contribution is -2.34. The Kier molecular flexibility index (Phi) is 7.87. The zero-order chi connectivity index (χ0) is 13.3. The molecule has 1 atom stereocenters. The van der Waals surface area contributed by atoms with E-state index in [1.54, 1.807) is 7.11 Å². The van der Waals surface area contributed by atoms with Crippen molar-refractivity contribution >= 4 is 0 Å². The van der Waals surface area contributed by atoms with Gasteiger partial charge in [-0.05, 0) is 37.5 Å². The third-order valence-electron chi connectivity index (χ3n) is 3.74. The summed E-state index contributed by atoms with van der Waals surface area (Å²) in [6.45, 7) is 8.32. The minimum atomic E-state index is 0.401. The lowest BCUT2D eigenvalue weighted by atomic mass is 9.82. The third-order valence-corrected chi connectivity index (χ3v) is 3.74. The van der Waals surface area contributed by atoms with Crippen LogP contribution in [0.4, 0.5) is 0 Å². The van der Waals surface area contributed by atoms with Crippen LogP contribution in [0.1, 0.15) is 52.4 Å². The number of ether oxygens (including phenoxy) is 2. The lowest BCUT2D eigenvalue weighted by molar-refractivity contribution is 0.0767. The van der Waals surface area contributed by atoms with Gasteiger partial charge in [-0.2, -0.15) is 0 Å². The summed E-state index contributed by atoms with van der Waals surface area (Å²) in [7, 11) is 1.74. The predicted octanol–water partition coefficient (Wildman–Crippen LogP) is 2.99. The highest BCUT2D eigenvalue weighted by atomic mass is 16.5. The fourth-order valence-corrected chi connectivity index (χ4v) is 2.31. The maximum atomic E-state index is 5.69. The second kappa shape index (κ2) is 8.89. The minimum Gasteiger partial charge on any atom is -0.385 e. The highest BCUT2D eigenvalue weighted by Gasteiger charge is 2.27. The van der Waals surface area contributed by atoms with Crippen molar-refractivity contribution in [2.75, 3.05) is 33.5 Å². The quantitative estimate of drug-likeness (QED) is 0.545. The van der Waals surface area contributed by atoms with Gasteiger partial charge < -0.3 is 14.8 Å². The molecular formula is C15H31NO2. The van der Waals surface area contributed by atoms with Crippen LogP contribution in [0.15, 0.2) is 0 Å². The largest absolute Gasteiger partial charge is 0.385 e. The van der Waals surface area contributed by atoms with Gasteiger partial charge in [0.2, 0.25) is 0 Å². The second-order valence-corrected chi connectivity index (χ2v) is 5.92. The Bertz CT molecular complexity index is 207. The Morgan fingerprint density at radius 1 is 1.17 bits per heavy atom. The van der Waals surface area contributed by atoms with Gasteiger partial charge in [-0.1, -0.05) is 20.3 Å². The van der Waals surface area contributed by atoms with E-state index in [0.717, 1.165) is 45.2 Å². The van der Waals surface area contributed by atoms with Crippen molar-refractivity contribution in [3.63, 3.8) is 0 Å². The van der Waals surface area contributed by atoms with Crippen LogP contribution in [-0.2, 0) is 9.47 Å². The Hall–Kier alpha value is -0.120. The van der Waals surface area contributed by atoms with Crippen LogP contribution >= 0.6 is 0 Å². The van der Waals surface area contributed by atoms with E-state index < -0.39 is 0 Å². The third kappa shape index (κ3) is 7.34. The van der Waals surface area contributed by atoms with Gasteiger partial charge in [-0.15, -0.1) is 0 Å². The van der Waals surface area contributed by atoms with Crippen LogP contribution in [0.25, 0.3) is 0 Å². The molecule has 0 radical (unpaired) electrons. The molecule has 0 spiro atoms. The maximum Gasteiger partial charge on any atom is 0.0487 e. The SMILES string of the molecule is CCCC(C)(CCOCCCOC)CNC1CC1. The van der Waals surface area contributed by atoms with Crippen molar-refractivity contribution in [2.24, 2.45) is 5.41 Å². The van der Waals surface area contributed by atoms with Crippen molar-refractivity contribution in [1.82, 2.24) is 5.32 Å². The molecule has 0 heterocycles. The highest BCUT2D eigenvalue weighted by molar-refractivity contribution is 4.85. The van der Waals surface area contributed by atoms with E-state index >= 15 is 0 Å². The van der Waals surface area contributed by atoms with Crippen molar-refractivity contribution in [3.05, 3.63) is 0 Å². The molecular weight excluding hydrogens is 226 g/mol. The molecule has 1 rings (SSSR count). The predicted molar refractivity (Wildman–Crippen MR) is 76.0 cm³/mol. The zero-order valence-corrected chi connectivity index (χ0v) is 12.5. The van der Waals surface area contributed by atoms with Crippen molar-refractivity contribution in [1.29, 1.82) is 0 Å². The maximum absolute atomic E-state index is 5.69. The molecule has 0 bridgehead atoms. The van der Waals surface area contributed by atoms with Gasteiger partial charge in [0, 0.05) is 39.5 Å². The Morgan fingerprint density at radius 2 is 1.94 bits per heavy atom. The topological polar surface area (TPSA) is 30.5 Å². The fourth-order valence-electron chi connectivity index (χ4n) is 2.31. The van der Waals surface area contributed by atoms with Crippen molar-refractivity contribution < 1.29 is 9.47 Å². The number of hydrogen-bond acceptors (Lipinski definition) is 3. The summed E-state index contributed by atoms with van der Waals surface area (Å²) in [5.74, 6) is 0. The Balaban J connectivity index is 2.10. The molecule has 0 aromatic carbocycles. The number of hydrogen-bond donors (Lipinski definition) is 1. The summed E-state index contributed by atoms with van der Waals surface area (Å²) in [5.41, 5.74) is 0.401. The Labute approximate surface area is 113 Å². The molecule has 3 nitrogen and oxygen atoms in total. The van der Waals surface area contributed by atoms with Crippen LogP contribution in [-0.4, -0.2) is 39.5 Å². The van der Waals surface area contributed by atoms with Crippen molar-refractivity contribution in [3.8, 4) is 0 Å². The molecule has 1 aliphatic rings. The molecule has 0 amide bonds. The van der Waals surface area contributed by atoms with E-state index in [0.29, 0.717) is 5.41 Å². The van der Waals surface area contributed by atoms with Gasteiger partial charge in [0.1, 0.15) is 0 Å². The van der Waals surface area contributed by atoms with Crippen molar-refractivity contribution in [2.45, 2.75) is 58.4 Å². The van der Waals surface area contributed by atoms with Crippen LogP contribution < -0.4 is 5.32 Å². The molecule has 1 saturated carbocycles. The average molecular weight is 257 g/mol. The van der Waals surface area contributed by atoms with E-state index in [4.69, 9.17) is 9.47 Å². The normalized spacial score (nSPS) is 18.8. The van der Waals surface area contributed by atoms with Gasteiger partial charge in [0.25, 0.3) is 0 Å². The summed E-state index contributed by atoms with van der Waals surface area (Å²) >= 11 is 0. The first-order valence-corrected chi connectivity index (χ1v) is 7.50. The van der Waals surface area contributed by atoms with Gasteiger partial charge in [0.05, 0.1) is 0 Å². The van der Waals surface area contributed by atoms with E-state index in [-0.39, 0.29) is 0 Å². The first kappa shape index (κ1) is 15.9. The molecule has 0 aromatic heterocycles. The van der Waals surface area contributed by atoms with Gasteiger partial charge in [-0.25, -0.2) is 0 Å². The van der Waals surface area contributed by atoms with E-state index in [2.05, 4.69) is 19.2 Å². The summed E-state index contributed by atoms with van der Waals surface area (Å²) in [4.78, 5) is 0. The van der Waals surface area contributed by atoms with Gasteiger partial charge in [-0.3, -0.25) is 0 Å². The smallest absolute Gasteiger partial charge is 0.0487 e. The van der Waals surface area contributed by atoms with Crippen LogP contribution in [0.5, 0.6) is 0 Å². The zero-order valence-electron chi connectivity index (χ0n) is 12.5. The standard InChI is InChI=1S/C15H31NO2/c1-4-8-15(2,13-16-14-6-7-14)9-12-18-11-5-10-17-3/h14,16H,4-13H2,1-3H3. The fraction of sp³-hybridized carbons (Fsp3) is 1.00. The molecule has 3 heteroatoms. The molecule has 0 saturated heterocycles. The molecule has 1 unspecified atom stereocenters. The summed E-state index contributed by atoms with van der Waals surface area (Å²) in [5, 5.41) is 3.67. The monoisotopic (exact) mass is 257 g/mol. The van der Waals surface area contributed by atoms with Crippen LogP contribution in [0.2, 0.25) is 0 Å². The molecule has 1 aliphatic carbocycles. The number of rotatable bonds is 12. The second-order valence-electron chi connectivity index (χ2n) is 5.92. The number of methoxy groups -OCH3 is 1. The minimum absolute atomic E-state index is 0.401. The average Bonchev–Trinajstić information content (AvgIpc) is 3.16. The molecule has 1 N–H and O–H groups in total. The first-order chi connectivity index (χ1) is 8.70. The van der Waals surface area contributed by atoms with Crippen LogP contribution in [0.3, 0.4) is 0 Å².